The molecule has 2 heterocycles. The van der Waals surface area contributed by atoms with E-state index in [1.165, 1.54) is 6.34 Å². The summed E-state index contributed by atoms with van der Waals surface area (Å²) in [4.78, 5) is 21.6. The predicted molar refractivity (Wildman–Crippen MR) is 94.3 cm³/mol. The molecular formula is C15H18ClN7O. The van der Waals surface area contributed by atoms with E-state index < -0.39 is 0 Å². The van der Waals surface area contributed by atoms with Gasteiger partial charge in [0.15, 0.2) is 5.15 Å². The first-order chi connectivity index (χ1) is 11.7. The molecule has 126 valence electrons. The molecule has 0 spiro atoms. The second-order valence-electron chi connectivity index (χ2n) is 4.71. The van der Waals surface area contributed by atoms with Crippen molar-refractivity contribution in [2.24, 2.45) is 4.99 Å². The topological polar surface area (TPSA) is 99.3 Å². The van der Waals surface area contributed by atoms with Crippen LogP contribution in [0.1, 0.15) is 13.3 Å². The Hall–Kier alpha value is -2.74. The number of nitrogens with one attached hydrogen (secondary N) is 2. The number of rotatable bonds is 8. The van der Waals surface area contributed by atoms with Crippen LogP contribution >= 0.6 is 11.6 Å². The molecule has 8 nitrogen and oxygen atoms in total. The molecule has 0 atom stereocenters. The average Bonchev–Trinajstić information content (AvgIpc) is 2.98. The van der Waals surface area contributed by atoms with Gasteiger partial charge in [-0.2, -0.15) is 5.10 Å². The summed E-state index contributed by atoms with van der Waals surface area (Å²) >= 11 is 6.21. The minimum absolute atomic E-state index is 0.0825. The summed E-state index contributed by atoms with van der Waals surface area (Å²) in [6.07, 6.45) is 7.62. The van der Waals surface area contributed by atoms with Crippen molar-refractivity contribution in [2.75, 3.05) is 18.0 Å². The lowest BCUT2D eigenvalue weighted by Gasteiger charge is -2.19. The molecule has 2 rings (SSSR count). The number of halogens is 1. The van der Waals surface area contributed by atoms with Crippen LogP contribution in [0.2, 0.25) is 5.15 Å². The lowest BCUT2D eigenvalue weighted by Crippen LogP contribution is -2.32. The standard InChI is InChI=1S/C15H18ClN7O/c1-2-22(14(24)5-7-19-11-20-10-17)13-9-23(21-15(13)16)12-4-3-6-18-8-12/h3-4,6,8-11H,2,5,7H2,1H3,(H2,17,19,20). The van der Waals surface area contributed by atoms with E-state index in [4.69, 9.17) is 17.0 Å². The average molecular weight is 348 g/mol. The van der Waals surface area contributed by atoms with Crippen LogP contribution in [-0.2, 0) is 4.79 Å². The first-order valence-corrected chi connectivity index (χ1v) is 7.75. The predicted octanol–water partition coefficient (Wildman–Crippen LogP) is 1.89. The smallest absolute Gasteiger partial charge is 0.228 e. The van der Waals surface area contributed by atoms with Gasteiger partial charge < -0.3 is 10.2 Å². The third-order valence-electron chi connectivity index (χ3n) is 3.19. The van der Waals surface area contributed by atoms with Crippen molar-refractivity contribution in [1.82, 2.24) is 20.1 Å². The monoisotopic (exact) mass is 347 g/mol. The van der Waals surface area contributed by atoms with Crippen LogP contribution < -0.4 is 10.2 Å². The van der Waals surface area contributed by atoms with Gasteiger partial charge in [0.05, 0.1) is 24.4 Å². The van der Waals surface area contributed by atoms with Gasteiger partial charge >= 0.3 is 0 Å². The second-order valence-corrected chi connectivity index (χ2v) is 5.07. The fourth-order valence-electron chi connectivity index (χ4n) is 2.10. The van der Waals surface area contributed by atoms with Gasteiger partial charge in [-0.3, -0.25) is 15.2 Å². The van der Waals surface area contributed by atoms with Gasteiger partial charge in [0, 0.05) is 25.7 Å². The molecule has 0 aromatic carbocycles. The highest BCUT2D eigenvalue weighted by Crippen LogP contribution is 2.26. The van der Waals surface area contributed by atoms with Gasteiger partial charge in [-0.05, 0) is 19.1 Å². The Morgan fingerprint density at radius 1 is 1.58 bits per heavy atom. The summed E-state index contributed by atoms with van der Waals surface area (Å²) < 4.78 is 1.59. The van der Waals surface area contributed by atoms with E-state index >= 15 is 0 Å². The molecule has 2 aromatic rings. The Morgan fingerprint density at radius 3 is 3.08 bits per heavy atom. The molecule has 9 heteroatoms. The van der Waals surface area contributed by atoms with Crippen molar-refractivity contribution in [3.05, 3.63) is 35.9 Å². The first kappa shape index (κ1) is 17.6. The Bertz CT molecular complexity index is 714. The molecule has 0 fully saturated rings. The number of carbonyl (C=O) groups is 1. The van der Waals surface area contributed by atoms with Gasteiger partial charge in [0.1, 0.15) is 12.0 Å². The molecule has 0 aliphatic rings. The molecule has 0 bridgehead atoms. The van der Waals surface area contributed by atoms with Crippen LogP contribution in [0.5, 0.6) is 0 Å². The van der Waals surface area contributed by atoms with Crippen LogP contribution in [0.25, 0.3) is 5.69 Å². The summed E-state index contributed by atoms with van der Waals surface area (Å²) in [5.41, 5.74) is 1.32. The van der Waals surface area contributed by atoms with Crippen molar-refractivity contribution in [2.45, 2.75) is 13.3 Å². The van der Waals surface area contributed by atoms with Gasteiger partial charge in [0.25, 0.3) is 0 Å². The van der Waals surface area contributed by atoms with Crippen molar-refractivity contribution in [1.29, 1.82) is 5.41 Å². The Kier molecular flexibility index (Phi) is 6.44. The summed E-state index contributed by atoms with van der Waals surface area (Å²) in [6, 6.07) is 3.65. The van der Waals surface area contributed by atoms with E-state index in [-0.39, 0.29) is 17.5 Å². The van der Waals surface area contributed by atoms with E-state index in [2.05, 4.69) is 20.4 Å². The lowest BCUT2D eigenvalue weighted by atomic mass is 10.3. The number of carbonyl (C=O) groups excluding carboxylic acids is 1. The van der Waals surface area contributed by atoms with Crippen LogP contribution in [0.15, 0.2) is 35.7 Å². The number of aromatic nitrogens is 3. The maximum absolute atomic E-state index is 12.4. The molecule has 24 heavy (non-hydrogen) atoms. The van der Waals surface area contributed by atoms with E-state index in [0.717, 1.165) is 12.0 Å². The molecule has 0 aliphatic heterocycles. The second kappa shape index (κ2) is 8.78. The summed E-state index contributed by atoms with van der Waals surface area (Å²) in [7, 11) is 0. The van der Waals surface area contributed by atoms with Crippen LogP contribution in [0.3, 0.4) is 0 Å². The zero-order chi connectivity index (χ0) is 17.4. The number of aliphatic imine (C=N–C) groups is 1. The molecule has 2 N–H and O–H groups in total. The van der Waals surface area contributed by atoms with Crippen molar-refractivity contribution < 1.29 is 4.79 Å². The molecule has 0 unspecified atom stereocenters. The van der Waals surface area contributed by atoms with E-state index in [1.54, 1.807) is 34.2 Å². The van der Waals surface area contributed by atoms with Gasteiger partial charge in [0.2, 0.25) is 5.91 Å². The zero-order valence-electron chi connectivity index (χ0n) is 13.2. The molecule has 0 radical (unpaired) electrons. The van der Waals surface area contributed by atoms with Crippen LogP contribution in [-0.4, -0.2) is 46.4 Å². The van der Waals surface area contributed by atoms with Crippen molar-refractivity contribution in [3.8, 4) is 5.69 Å². The molecule has 0 saturated carbocycles. The first-order valence-electron chi connectivity index (χ1n) is 7.37. The number of hydrogen-bond acceptors (Lipinski definition) is 4. The van der Waals surface area contributed by atoms with Gasteiger partial charge in [-0.25, -0.2) is 9.67 Å². The third kappa shape index (κ3) is 4.39. The Balaban J connectivity index is 2.10. The SMILES string of the molecule is CCN(C(=O)CCN/C=N\C=N)c1cn(-c2cccnc2)nc1Cl. The summed E-state index contributed by atoms with van der Waals surface area (Å²) in [6.45, 7) is 2.77. The number of hydrogen-bond donors (Lipinski definition) is 2. The molecular weight excluding hydrogens is 330 g/mol. The van der Waals surface area contributed by atoms with Gasteiger partial charge in [-0.15, -0.1) is 0 Å². The Labute approximate surface area is 144 Å². The minimum Gasteiger partial charge on any atom is -0.376 e. The van der Waals surface area contributed by atoms with Crippen LogP contribution in [0, 0.1) is 5.41 Å². The zero-order valence-corrected chi connectivity index (χ0v) is 13.9. The third-order valence-corrected chi connectivity index (χ3v) is 3.46. The van der Waals surface area contributed by atoms with Crippen LogP contribution in [0.4, 0.5) is 5.69 Å². The summed E-state index contributed by atoms with van der Waals surface area (Å²) in [5.74, 6) is -0.0825. The lowest BCUT2D eigenvalue weighted by molar-refractivity contribution is -0.118. The van der Waals surface area contributed by atoms with E-state index in [9.17, 15) is 4.79 Å². The normalized spacial score (nSPS) is 10.8. The highest BCUT2D eigenvalue weighted by atomic mass is 35.5. The Morgan fingerprint density at radius 2 is 2.42 bits per heavy atom. The summed E-state index contributed by atoms with van der Waals surface area (Å²) in [5, 5.41) is 14.1. The maximum Gasteiger partial charge on any atom is 0.228 e. The molecule has 2 aromatic heterocycles. The van der Waals surface area contributed by atoms with Crippen molar-refractivity contribution in [3.63, 3.8) is 0 Å². The van der Waals surface area contributed by atoms with E-state index in [0.29, 0.717) is 18.8 Å². The number of amides is 1. The largest absolute Gasteiger partial charge is 0.376 e. The fraction of sp³-hybridized carbons (Fsp3) is 0.267. The fourth-order valence-corrected chi connectivity index (χ4v) is 2.33. The quantitative estimate of drug-likeness (QED) is 0.432. The molecule has 0 saturated heterocycles. The molecule has 0 aliphatic carbocycles. The van der Waals surface area contributed by atoms with E-state index in [1.807, 2.05) is 13.0 Å². The number of pyridine rings is 1. The number of anilines is 1. The highest BCUT2D eigenvalue weighted by Gasteiger charge is 2.19. The maximum atomic E-state index is 12.4. The molecule has 1 amide bonds. The van der Waals surface area contributed by atoms with Crippen molar-refractivity contribution >= 4 is 35.9 Å². The highest BCUT2D eigenvalue weighted by molar-refractivity contribution is 6.32. The minimum atomic E-state index is -0.0825. The van der Waals surface area contributed by atoms with Gasteiger partial charge in [-0.1, -0.05) is 11.6 Å². The number of nitrogens with zero attached hydrogens (tertiary/aromatic N) is 5.